The summed E-state index contributed by atoms with van der Waals surface area (Å²) in [5.41, 5.74) is 1.60. The Labute approximate surface area is 183 Å². The van der Waals surface area contributed by atoms with Crippen molar-refractivity contribution in [2.45, 2.75) is 44.3 Å². The van der Waals surface area contributed by atoms with E-state index in [-0.39, 0.29) is 5.24 Å². The second kappa shape index (κ2) is 9.55. The van der Waals surface area contributed by atoms with Crippen LogP contribution in [0.5, 0.6) is 0 Å². The molecule has 10 heteroatoms. The number of halogens is 1. The van der Waals surface area contributed by atoms with Gasteiger partial charge in [0.05, 0.1) is 10.6 Å². The van der Waals surface area contributed by atoms with E-state index in [0.29, 0.717) is 35.2 Å². The van der Waals surface area contributed by atoms with E-state index in [4.69, 9.17) is 11.6 Å². The molecule has 1 aliphatic heterocycles. The van der Waals surface area contributed by atoms with Crippen molar-refractivity contribution in [3.8, 4) is 0 Å². The fraction of sp³-hybridized carbons (Fsp3) is 0.350. The van der Waals surface area contributed by atoms with Crippen LogP contribution in [0, 0.1) is 0 Å². The zero-order valence-corrected chi connectivity index (χ0v) is 17.7. The molecule has 1 saturated carbocycles. The molecule has 2 aromatic heterocycles. The highest BCUT2D eigenvalue weighted by molar-refractivity contribution is 8.18. The molecule has 0 bridgehead atoms. The number of amides is 2. The summed E-state index contributed by atoms with van der Waals surface area (Å²) in [6.45, 7) is 0.712. The van der Waals surface area contributed by atoms with Gasteiger partial charge in [-0.1, -0.05) is 11.6 Å². The first-order valence-corrected chi connectivity index (χ1v) is 10.9. The molecule has 3 N–H and O–H groups in total. The number of rotatable bonds is 6. The van der Waals surface area contributed by atoms with Gasteiger partial charge in [-0.3, -0.25) is 19.9 Å². The van der Waals surface area contributed by atoms with Gasteiger partial charge in [-0.25, -0.2) is 9.97 Å². The summed E-state index contributed by atoms with van der Waals surface area (Å²) in [5.74, 6) is 0.133. The maximum Gasteiger partial charge on any atom is 0.290 e. The first-order valence-electron chi connectivity index (χ1n) is 9.73. The SMILES string of the molecule is O=C1NC(=O)C(=Cc2ccnc(NC3CCC(NCc4cnccc4Cl)CC3)n2)S1. The smallest absolute Gasteiger partial charge is 0.290 e. The highest BCUT2D eigenvalue weighted by atomic mass is 35.5. The van der Waals surface area contributed by atoms with E-state index < -0.39 is 5.91 Å². The van der Waals surface area contributed by atoms with Crippen molar-refractivity contribution in [1.29, 1.82) is 0 Å². The number of nitrogens with zero attached hydrogens (tertiary/aromatic N) is 3. The Hall–Kier alpha value is -2.49. The van der Waals surface area contributed by atoms with Gasteiger partial charge in [0.2, 0.25) is 5.95 Å². The topological polar surface area (TPSA) is 109 Å². The highest BCUT2D eigenvalue weighted by Crippen LogP contribution is 2.26. The summed E-state index contributed by atoms with van der Waals surface area (Å²) in [4.78, 5) is 36.2. The summed E-state index contributed by atoms with van der Waals surface area (Å²) in [6, 6.07) is 4.24. The van der Waals surface area contributed by atoms with Gasteiger partial charge < -0.3 is 10.6 Å². The fourth-order valence-electron chi connectivity index (χ4n) is 3.50. The molecule has 156 valence electrons. The van der Waals surface area contributed by atoms with Crippen molar-refractivity contribution in [1.82, 2.24) is 25.6 Å². The minimum atomic E-state index is -0.392. The van der Waals surface area contributed by atoms with Crippen LogP contribution in [0.2, 0.25) is 5.02 Å². The van der Waals surface area contributed by atoms with E-state index in [0.717, 1.165) is 48.0 Å². The Balaban J connectivity index is 1.28. The monoisotopic (exact) mass is 444 g/mol. The number of pyridine rings is 1. The summed E-state index contributed by atoms with van der Waals surface area (Å²) >= 11 is 7.06. The number of carbonyl (C=O) groups is 2. The lowest BCUT2D eigenvalue weighted by Gasteiger charge is -2.30. The lowest BCUT2D eigenvalue weighted by atomic mass is 9.91. The number of imide groups is 1. The van der Waals surface area contributed by atoms with Crippen LogP contribution in [0.1, 0.15) is 36.9 Å². The number of hydrogen-bond donors (Lipinski definition) is 3. The molecule has 2 fully saturated rings. The predicted molar refractivity (Wildman–Crippen MR) is 117 cm³/mol. The molecule has 2 aromatic rings. The first kappa shape index (κ1) is 20.8. The normalized spacial score (nSPS) is 22.9. The Bertz CT molecular complexity index is 977. The molecule has 1 saturated heterocycles. The molecule has 2 amide bonds. The van der Waals surface area contributed by atoms with Crippen molar-refractivity contribution in [2.75, 3.05) is 5.32 Å². The molecule has 8 nitrogen and oxygen atoms in total. The Morgan fingerprint density at radius 2 is 1.97 bits per heavy atom. The lowest BCUT2D eigenvalue weighted by molar-refractivity contribution is -0.115. The molecule has 0 aromatic carbocycles. The third-order valence-electron chi connectivity index (χ3n) is 5.08. The van der Waals surface area contributed by atoms with E-state index in [1.807, 2.05) is 0 Å². The van der Waals surface area contributed by atoms with Gasteiger partial charge in [0.25, 0.3) is 11.1 Å². The highest BCUT2D eigenvalue weighted by Gasteiger charge is 2.25. The van der Waals surface area contributed by atoms with Gasteiger partial charge in [-0.2, -0.15) is 0 Å². The molecule has 0 spiro atoms. The van der Waals surface area contributed by atoms with E-state index in [1.165, 1.54) is 0 Å². The van der Waals surface area contributed by atoms with Crippen LogP contribution in [0.3, 0.4) is 0 Å². The van der Waals surface area contributed by atoms with E-state index in [2.05, 4.69) is 30.9 Å². The summed E-state index contributed by atoms with van der Waals surface area (Å²) in [6.07, 6.45) is 10.8. The van der Waals surface area contributed by atoms with Crippen LogP contribution >= 0.6 is 23.4 Å². The first-order chi connectivity index (χ1) is 14.6. The zero-order valence-electron chi connectivity index (χ0n) is 16.1. The van der Waals surface area contributed by atoms with Gasteiger partial charge in [-0.15, -0.1) is 0 Å². The van der Waals surface area contributed by atoms with Gasteiger partial charge in [0.1, 0.15) is 0 Å². The van der Waals surface area contributed by atoms with Crippen LogP contribution < -0.4 is 16.0 Å². The molecule has 4 rings (SSSR count). The number of thioether (sulfide) groups is 1. The second-order valence-electron chi connectivity index (χ2n) is 7.20. The second-order valence-corrected chi connectivity index (χ2v) is 8.62. The van der Waals surface area contributed by atoms with E-state index >= 15 is 0 Å². The van der Waals surface area contributed by atoms with Crippen molar-refractivity contribution >= 4 is 46.5 Å². The number of hydrogen-bond acceptors (Lipinski definition) is 8. The summed E-state index contributed by atoms with van der Waals surface area (Å²) in [7, 11) is 0. The van der Waals surface area contributed by atoms with Gasteiger partial charge >= 0.3 is 0 Å². The maximum absolute atomic E-state index is 11.7. The molecule has 0 unspecified atom stereocenters. The molecule has 1 aliphatic carbocycles. The standard InChI is InChI=1S/C20H21ClN6O2S/c21-16-6-7-22-10-12(16)11-24-13-1-3-14(4-2-13)25-19-23-8-5-15(26-19)9-17-18(28)27-20(29)30-17/h5-10,13-14,24H,1-4,11H2,(H,23,25,26)(H,27,28,29). The third-order valence-corrected chi connectivity index (χ3v) is 6.26. The molecule has 0 atom stereocenters. The molecular formula is C20H21ClN6O2S. The Morgan fingerprint density at radius 3 is 2.70 bits per heavy atom. The number of anilines is 1. The van der Waals surface area contributed by atoms with Gasteiger partial charge in [-0.05, 0) is 55.7 Å². The fourth-order valence-corrected chi connectivity index (χ4v) is 4.34. The molecule has 2 aliphatic rings. The molecule has 30 heavy (non-hydrogen) atoms. The predicted octanol–water partition coefficient (Wildman–Crippen LogP) is 3.36. The van der Waals surface area contributed by atoms with Crippen molar-refractivity contribution < 1.29 is 9.59 Å². The summed E-state index contributed by atoms with van der Waals surface area (Å²) in [5, 5.41) is 9.55. The van der Waals surface area contributed by atoms with Crippen LogP contribution in [0.15, 0.2) is 35.6 Å². The Morgan fingerprint density at radius 1 is 1.17 bits per heavy atom. The Kier molecular flexibility index (Phi) is 6.61. The largest absolute Gasteiger partial charge is 0.351 e. The maximum atomic E-state index is 11.7. The van der Waals surface area contributed by atoms with E-state index in [9.17, 15) is 9.59 Å². The van der Waals surface area contributed by atoms with Crippen LogP contribution in [-0.2, 0) is 11.3 Å². The quantitative estimate of drug-likeness (QED) is 0.582. The van der Waals surface area contributed by atoms with Gasteiger partial charge in [0, 0.05) is 47.8 Å². The van der Waals surface area contributed by atoms with Gasteiger partial charge in [0.15, 0.2) is 0 Å². The minimum absolute atomic E-state index is 0.290. The molecule has 0 radical (unpaired) electrons. The minimum Gasteiger partial charge on any atom is -0.351 e. The lowest BCUT2D eigenvalue weighted by Crippen LogP contribution is -2.37. The van der Waals surface area contributed by atoms with E-state index in [1.54, 1.807) is 36.8 Å². The van der Waals surface area contributed by atoms with Crippen LogP contribution in [0.4, 0.5) is 10.7 Å². The zero-order chi connectivity index (χ0) is 20.9. The van der Waals surface area contributed by atoms with Crippen molar-refractivity contribution in [2.24, 2.45) is 0 Å². The van der Waals surface area contributed by atoms with Crippen molar-refractivity contribution in [3.63, 3.8) is 0 Å². The molecular weight excluding hydrogens is 424 g/mol. The molecule has 3 heterocycles. The van der Waals surface area contributed by atoms with Crippen molar-refractivity contribution in [3.05, 3.63) is 51.9 Å². The third kappa shape index (κ3) is 5.35. The summed E-state index contributed by atoms with van der Waals surface area (Å²) < 4.78 is 0. The average molecular weight is 445 g/mol. The average Bonchev–Trinajstić information content (AvgIpc) is 3.05. The number of aromatic nitrogens is 3. The van der Waals surface area contributed by atoms with Crippen LogP contribution in [0.25, 0.3) is 6.08 Å². The number of carbonyl (C=O) groups excluding carboxylic acids is 2. The van der Waals surface area contributed by atoms with Crippen LogP contribution in [-0.4, -0.2) is 38.2 Å². The number of nitrogens with one attached hydrogen (secondary N) is 3.